The van der Waals surface area contributed by atoms with Crippen LogP contribution in [0.4, 0.5) is 34.1 Å². The van der Waals surface area contributed by atoms with Crippen molar-refractivity contribution in [1.82, 2.24) is 9.13 Å². The summed E-state index contributed by atoms with van der Waals surface area (Å²) >= 11 is 0. The van der Waals surface area contributed by atoms with Crippen molar-refractivity contribution < 1.29 is 8.83 Å². The van der Waals surface area contributed by atoms with Crippen LogP contribution in [0.25, 0.3) is 220 Å². The van der Waals surface area contributed by atoms with Gasteiger partial charge in [0.05, 0.1) is 39.1 Å². The van der Waals surface area contributed by atoms with E-state index in [4.69, 9.17) is 8.83 Å². The van der Waals surface area contributed by atoms with Gasteiger partial charge in [0.1, 0.15) is 22.3 Å². The van der Waals surface area contributed by atoms with Crippen molar-refractivity contribution in [2.75, 3.05) is 9.80 Å². The van der Waals surface area contributed by atoms with Gasteiger partial charge in [0.2, 0.25) is 0 Å². The molecule has 26 rings (SSSR count). The van der Waals surface area contributed by atoms with Gasteiger partial charge in [-0.15, -0.1) is 0 Å². The third-order valence-corrected chi connectivity index (χ3v) is 26.8. The van der Waals surface area contributed by atoms with Crippen molar-refractivity contribution in [2.24, 2.45) is 0 Å². The van der Waals surface area contributed by atoms with E-state index < -0.39 is 0 Å². The van der Waals surface area contributed by atoms with E-state index in [0.29, 0.717) is 0 Å². The molecule has 0 bridgehead atoms. The Morgan fingerprint density at radius 3 is 1.07 bits per heavy atom. The second-order valence-corrected chi connectivity index (χ2v) is 34.1. The van der Waals surface area contributed by atoms with E-state index in [-0.39, 0.29) is 0 Å². The number of anilines is 6. The minimum Gasteiger partial charge on any atom is -0.455 e. The molecule has 0 aliphatic carbocycles. The van der Waals surface area contributed by atoms with Crippen LogP contribution in [0.15, 0.2) is 482 Å². The summed E-state index contributed by atoms with van der Waals surface area (Å²) in [5, 5.41) is 18.9. The lowest BCUT2D eigenvalue weighted by atomic mass is 9.92. The summed E-state index contributed by atoms with van der Waals surface area (Å²) in [6, 6.07) is 174. The van der Waals surface area contributed by atoms with Crippen LogP contribution in [-0.4, -0.2) is 9.13 Å². The van der Waals surface area contributed by atoms with E-state index >= 15 is 0 Å². The van der Waals surface area contributed by atoms with Crippen molar-refractivity contribution >= 4 is 165 Å². The van der Waals surface area contributed by atoms with E-state index in [0.717, 1.165) is 195 Å². The second-order valence-electron chi connectivity index (χ2n) is 34.1. The molecule has 26 aromatic rings. The summed E-state index contributed by atoms with van der Waals surface area (Å²) in [6.45, 7) is 0. The Kier molecular flexibility index (Phi) is 17.2. The average molecular weight is 1660 g/mol. The normalized spacial score (nSPS) is 11.8. The zero-order chi connectivity index (χ0) is 85.4. The first kappa shape index (κ1) is 74.1. The lowest BCUT2D eigenvalue weighted by Gasteiger charge is -2.29. The molecule has 4 heterocycles. The predicted octanol–water partition coefficient (Wildman–Crippen LogP) is 34.9. The topological polar surface area (TPSA) is 42.6 Å². The van der Waals surface area contributed by atoms with Crippen molar-refractivity contribution in [3.05, 3.63) is 473 Å². The fourth-order valence-electron chi connectivity index (χ4n) is 20.8. The molecule has 0 aliphatic rings. The van der Waals surface area contributed by atoms with Gasteiger partial charge in [-0.05, 0) is 233 Å². The monoisotopic (exact) mass is 1650 g/mol. The SMILES string of the molecule is c1cc(-c2ccc3c(ccc4ccccc43)c2)cc(N(c2ccc(-c3cc(-c4ccc(-c5ccc6c(ccc7ccccc76)c5)c(N(c5ccc(-c6cccc7c6oc6ccccc67)cc5)c5cccc(-c6ccccc6-n6c7ccccc7c7ccccc76)c5)c4)cc4c3oc3ccccc34)cc2)c2cccc(-c3ccccc3-n3c4ccccc4c4ccccc43)c2)c1. The number of nitrogens with zero attached hydrogens (tertiary/aromatic N) is 4. The Hall–Kier alpha value is -17.3. The molecule has 0 N–H and O–H groups in total. The number of rotatable bonds is 15. The van der Waals surface area contributed by atoms with Crippen molar-refractivity contribution in [2.45, 2.75) is 0 Å². The van der Waals surface area contributed by atoms with Gasteiger partial charge in [0.15, 0.2) is 0 Å². The van der Waals surface area contributed by atoms with Gasteiger partial charge in [-0.1, -0.05) is 334 Å². The number of furan rings is 2. The fourth-order valence-corrected chi connectivity index (χ4v) is 20.8. The number of para-hydroxylation sites is 9. The molecule has 0 spiro atoms. The van der Waals surface area contributed by atoms with Gasteiger partial charge in [-0.25, -0.2) is 0 Å². The van der Waals surface area contributed by atoms with Crippen LogP contribution in [-0.2, 0) is 0 Å². The number of aromatic nitrogens is 2. The molecule has 0 aliphatic heterocycles. The maximum atomic E-state index is 7.18. The third-order valence-electron chi connectivity index (χ3n) is 26.8. The fraction of sp³-hybridized carbons (Fsp3) is 0. The molecule has 0 fully saturated rings. The zero-order valence-corrected chi connectivity index (χ0v) is 70.6. The summed E-state index contributed by atoms with van der Waals surface area (Å²) < 4.78 is 18.8. The van der Waals surface area contributed by atoms with E-state index in [1.807, 2.05) is 6.07 Å². The number of hydrogen-bond acceptors (Lipinski definition) is 4. The van der Waals surface area contributed by atoms with Gasteiger partial charge < -0.3 is 27.8 Å². The number of benzene rings is 22. The first-order valence-corrected chi connectivity index (χ1v) is 44.6. The predicted molar refractivity (Wildman–Crippen MR) is 547 cm³/mol. The summed E-state index contributed by atoms with van der Waals surface area (Å²) in [5.41, 5.74) is 31.2. The summed E-state index contributed by atoms with van der Waals surface area (Å²) in [6.07, 6.45) is 0. The highest BCUT2D eigenvalue weighted by molar-refractivity contribution is 6.16. The molecule has 0 amide bonds. The van der Waals surface area contributed by atoms with Crippen LogP contribution in [0.3, 0.4) is 0 Å². The zero-order valence-electron chi connectivity index (χ0n) is 70.6. The first-order chi connectivity index (χ1) is 64.4. The summed E-state index contributed by atoms with van der Waals surface area (Å²) in [7, 11) is 0. The summed E-state index contributed by atoms with van der Waals surface area (Å²) in [4.78, 5) is 4.90. The van der Waals surface area contributed by atoms with Crippen LogP contribution in [0.2, 0.25) is 0 Å². The van der Waals surface area contributed by atoms with Gasteiger partial charge in [-0.2, -0.15) is 0 Å². The van der Waals surface area contributed by atoms with E-state index in [2.05, 4.69) is 486 Å². The van der Waals surface area contributed by atoms with Gasteiger partial charge >= 0.3 is 0 Å². The average Bonchev–Trinajstić information content (AvgIpc) is 1.54. The molecule has 0 unspecified atom stereocenters. The van der Waals surface area contributed by atoms with Crippen molar-refractivity contribution in [3.8, 4) is 89.3 Å². The van der Waals surface area contributed by atoms with Crippen LogP contribution < -0.4 is 9.80 Å². The van der Waals surface area contributed by atoms with E-state index in [9.17, 15) is 0 Å². The van der Waals surface area contributed by atoms with Crippen LogP contribution in [0, 0.1) is 0 Å². The second kappa shape index (κ2) is 30.2. The molecule has 6 nitrogen and oxygen atoms in total. The minimum absolute atomic E-state index is 0.818. The smallest absolute Gasteiger partial charge is 0.143 e. The Labute approximate surface area is 749 Å². The van der Waals surface area contributed by atoms with Crippen molar-refractivity contribution in [1.29, 1.82) is 0 Å². The molecule has 22 aromatic carbocycles. The van der Waals surface area contributed by atoms with Gasteiger partial charge in [-0.3, -0.25) is 0 Å². The minimum atomic E-state index is 0.818. The van der Waals surface area contributed by atoms with Crippen LogP contribution in [0.5, 0.6) is 0 Å². The Balaban J connectivity index is 0.654. The van der Waals surface area contributed by atoms with Crippen LogP contribution in [0.1, 0.15) is 0 Å². The van der Waals surface area contributed by atoms with E-state index in [1.54, 1.807) is 0 Å². The van der Waals surface area contributed by atoms with Crippen LogP contribution >= 0.6 is 0 Å². The Morgan fingerprint density at radius 2 is 0.515 bits per heavy atom. The maximum Gasteiger partial charge on any atom is 0.143 e. The number of hydrogen-bond donors (Lipinski definition) is 0. The molecule has 0 radical (unpaired) electrons. The van der Waals surface area contributed by atoms with Crippen molar-refractivity contribution in [3.63, 3.8) is 0 Å². The highest BCUT2D eigenvalue weighted by Gasteiger charge is 2.27. The Morgan fingerprint density at radius 1 is 0.162 bits per heavy atom. The number of fused-ring (bicyclic) bond motifs is 18. The first-order valence-electron chi connectivity index (χ1n) is 44.6. The highest BCUT2D eigenvalue weighted by Crippen LogP contribution is 2.51. The molecular weight excluding hydrogens is 1580 g/mol. The molecule has 130 heavy (non-hydrogen) atoms. The quantitative estimate of drug-likeness (QED) is 0.0960. The van der Waals surface area contributed by atoms with Gasteiger partial charge in [0, 0.05) is 99.3 Å². The lowest BCUT2D eigenvalue weighted by molar-refractivity contribution is 0.669. The lowest BCUT2D eigenvalue weighted by Crippen LogP contribution is -2.12. The highest BCUT2D eigenvalue weighted by atomic mass is 16.3. The third kappa shape index (κ3) is 12.3. The molecular formula is C124H78N4O2. The molecule has 606 valence electrons. The van der Waals surface area contributed by atoms with Gasteiger partial charge in [0.25, 0.3) is 0 Å². The maximum absolute atomic E-state index is 7.18. The molecule has 4 aromatic heterocycles. The van der Waals surface area contributed by atoms with E-state index in [1.165, 1.54) is 59.2 Å². The molecule has 0 saturated carbocycles. The summed E-state index contributed by atoms with van der Waals surface area (Å²) in [5.74, 6) is 0. The molecule has 0 atom stereocenters. The molecule has 0 saturated heterocycles. The Bertz CT molecular complexity index is 8990. The standard InChI is InChI=1S/C124H78N4O2/c1-3-33-97-79(25-1)53-55-88-71-84(61-68-99(88)97)83-27-21-30-94(73-83)125(95-31-22-28-86(74-95)101-35-5-13-45-114(101)127-116-47-15-7-37-105(116)106-38-8-16-48-117(106)127)92-64-59-82(60-65-92)112-76-91(77-113-110-42-12-20-52-122(110)130-124(112)113)85-62-70-103(90-63-69-100-89(72-90)56-54-80-26-2-4-34-98(80)100)120(78-85)126(93-66-57-81(58-67-93)104-43-24-44-111-109-41-11-19-51-121(109)129-123(104)111)96-32-23-29-87(75-96)102-36-6-14-46-115(102)128-118-49-17-9-39-107(118)108-40-10-18-50-119(108)128/h1-78H. The molecule has 6 heteroatoms. The largest absolute Gasteiger partial charge is 0.455 e.